The predicted molar refractivity (Wildman–Crippen MR) is 159 cm³/mol. The molecule has 1 aromatic rings. The summed E-state index contributed by atoms with van der Waals surface area (Å²) in [5.41, 5.74) is 0.754. The van der Waals surface area contributed by atoms with Crippen molar-refractivity contribution in [2.24, 2.45) is 23.0 Å². The first-order valence-corrected chi connectivity index (χ1v) is 14.1. The van der Waals surface area contributed by atoms with E-state index in [0.717, 1.165) is 0 Å². The number of allylic oxidation sites excluding steroid dienone is 1. The molecule has 4 rings (SSSR count). The Balaban J connectivity index is 1.78. The molecule has 15 nitrogen and oxygen atoms in total. The summed E-state index contributed by atoms with van der Waals surface area (Å²) < 4.78 is 9.82. The number of hydrogen-bond donors (Lipinski definition) is 6. The minimum atomic E-state index is -2.78. The molecule has 0 saturated heterocycles. The number of primary amides is 1. The van der Waals surface area contributed by atoms with Crippen molar-refractivity contribution in [1.82, 2.24) is 4.90 Å². The van der Waals surface area contributed by atoms with Crippen LogP contribution in [0.3, 0.4) is 0 Å². The van der Waals surface area contributed by atoms with Gasteiger partial charge in [-0.15, -0.1) is 0 Å². The maximum absolute atomic E-state index is 14.1. The van der Waals surface area contributed by atoms with E-state index in [1.165, 1.54) is 11.0 Å². The fourth-order valence-electron chi connectivity index (χ4n) is 6.29. The SMILES string of the molecule is CN(C)c1cc(NC(=O)OCOC(=O)C(C)(C)C)c(O)c2c1C[C@H]1C[C@H]3[C@H](N(C)C)C(O)=C(C(N)=O)C(=O)[C@@]3(O)C(O)=C1C2=O. The van der Waals surface area contributed by atoms with Gasteiger partial charge in [-0.2, -0.15) is 0 Å². The number of aliphatic hydroxyl groups is 3. The zero-order valence-corrected chi connectivity index (χ0v) is 26.0. The van der Waals surface area contributed by atoms with E-state index in [9.17, 15) is 44.4 Å². The number of aliphatic hydroxyl groups excluding tert-OH is 2. The van der Waals surface area contributed by atoms with Crippen molar-refractivity contribution in [2.45, 2.75) is 45.3 Å². The number of nitrogens with one attached hydrogen (secondary N) is 1. The number of Topliss-reactive ketones (excluding diaryl/α,β-unsaturated/α-hetero) is 2. The number of phenols is 1. The maximum atomic E-state index is 14.1. The molecule has 244 valence electrons. The lowest BCUT2D eigenvalue weighted by Crippen LogP contribution is -2.63. The standard InChI is InChI=1S/C30H38N4O11/c1-29(2,3)27(41)44-11-45-28(42)32-15-10-16(33(4)5)13-8-12-9-14-20(34(6)7)23(37)19(26(31)40)25(39)30(14,43)24(38)17(12)22(36)18(13)21(15)35/h10,12,14,20,35,37-38,43H,8-9,11H2,1-7H3,(H2,31,40)(H,32,42)/t12-,14-,20-,30-/m0/s1. The molecule has 15 heteroatoms. The number of benzene rings is 1. The van der Waals surface area contributed by atoms with E-state index in [-0.39, 0.29) is 29.7 Å². The van der Waals surface area contributed by atoms with Crippen LogP contribution in [0.25, 0.3) is 0 Å². The summed E-state index contributed by atoms with van der Waals surface area (Å²) in [4.78, 5) is 67.3. The summed E-state index contributed by atoms with van der Waals surface area (Å²) in [6.07, 6.45) is -1.12. The topological polar surface area (TPSA) is 229 Å². The number of likely N-dealkylation sites (N-methyl/N-ethyl adjacent to an activating group) is 1. The van der Waals surface area contributed by atoms with Gasteiger partial charge >= 0.3 is 12.1 Å². The van der Waals surface area contributed by atoms with Crippen molar-refractivity contribution in [3.05, 3.63) is 39.9 Å². The lowest BCUT2D eigenvalue weighted by molar-refractivity contribution is -0.161. The Bertz CT molecular complexity index is 1570. The Hall–Kier alpha value is -4.63. The molecule has 3 aliphatic rings. The van der Waals surface area contributed by atoms with Crippen LogP contribution in [0.2, 0.25) is 0 Å². The van der Waals surface area contributed by atoms with Crippen molar-refractivity contribution >= 4 is 40.9 Å². The van der Waals surface area contributed by atoms with Gasteiger partial charge in [0.05, 0.1) is 22.7 Å². The summed E-state index contributed by atoms with van der Waals surface area (Å²) in [5, 5.41) is 47.7. The first kappa shape index (κ1) is 33.3. The van der Waals surface area contributed by atoms with E-state index in [1.54, 1.807) is 53.9 Å². The molecule has 0 radical (unpaired) electrons. The minimum Gasteiger partial charge on any atom is -0.510 e. The Morgan fingerprint density at radius 2 is 1.71 bits per heavy atom. The van der Waals surface area contributed by atoms with Crippen molar-refractivity contribution < 1.29 is 53.9 Å². The number of carbonyl (C=O) groups is 5. The number of amides is 2. The van der Waals surface area contributed by atoms with Crippen molar-refractivity contribution in [2.75, 3.05) is 45.2 Å². The quantitative estimate of drug-likeness (QED) is 0.113. The number of rotatable bonds is 6. The van der Waals surface area contributed by atoms with Gasteiger partial charge in [-0.1, -0.05) is 0 Å². The van der Waals surface area contributed by atoms with Crippen LogP contribution in [0.15, 0.2) is 28.7 Å². The molecule has 0 unspecified atom stereocenters. The second-order valence-electron chi connectivity index (χ2n) is 12.9. The molecule has 0 aromatic heterocycles. The van der Waals surface area contributed by atoms with E-state index in [0.29, 0.717) is 11.3 Å². The monoisotopic (exact) mass is 630 g/mol. The summed E-state index contributed by atoms with van der Waals surface area (Å²) in [7, 11) is 6.43. The van der Waals surface area contributed by atoms with Crippen LogP contribution in [-0.4, -0.2) is 101 Å². The highest BCUT2D eigenvalue weighted by Crippen LogP contribution is 2.53. The van der Waals surface area contributed by atoms with E-state index in [2.05, 4.69) is 5.32 Å². The Labute approximate surface area is 258 Å². The molecule has 0 fully saturated rings. The van der Waals surface area contributed by atoms with Crippen LogP contribution in [0.1, 0.15) is 43.1 Å². The molecule has 3 aliphatic carbocycles. The number of esters is 1. The van der Waals surface area contributed by atoms with Crippen LogP contribution in [0.5, 0.6) is 5.75 Å². The average Bonchev–Trinajstić information content (AvgIpc) is 2.91. The van der Waals surface area contributed by atoms with Gasteiger partial charge in [-0.3, -0.25) is 29.4 Å². The highest BCUT2D eigenvalue weighted by molar-refractivity contribution is 6.25. The summed E-state index contributed by atoms with van der Waals surface area (Å²) in [6, 6.07) is 0.301. The van der Waals surface area contributed by atoms with Gasteiger partial charge in [0.15, 0.2) is 17.1 Å². The van der Waals surface area contributed by atoms with Crippen molar-refractivity contribution in [3.8, 4) is 5.75 Å². The first-order chi connectivity index (χ1) is 20.7. The van der Waals surface area contributed by atoms with Gasteiger partial charge in [0.25, 0.3) is 5.91 Å². The maximum Gasteiger partial charge on any atom is 0.414 e. The van der Waals surface area contributed by atoms with E-state index < -0.39 is 88.1 Å². The summed E-state index contributed by atoms with van der Waals surface area (Å²) in [6.45, 7) is 4.14. The van der Waals surface area contributed by atoms with Crippen molar-refractivity contribution in [3.63, 3.8) is 0 Å². The lowest BCUT2D eigenvalue weighted by atomic mass is 9.58. The minimum absolute atomic E-state index is 0.0586. The molecule has 1 aromatic carbocycles. The molecule has 45 heavy (non-hydrogen) atoms. The number of fused-ring (bicyclic) bond motifs is 3. The highest BCUT2D eigenvalue weighted by Gasteiger charge is 2.63. The Morgan fingerprint density at radius 1 is 1.09 bits per heavy atom. The molecule has 0 spiro atoms. The number of anilines is 2. The van der Waals surface area contributed by atoms with Crippen LogP contribution in [0, 0.1) is 17.3 Å². The fraction of sp³-hybridized carbons (Fsp3) is 0.500. The van der Waals surface area contributed by atoms with Gasteiger partial charge in [-0.05, 0) is 65.3 Å². The summed E-state index contributed by atoms with van der Waals surface area (Å²) in [5.74, 6) is -8.47. The number of carbonyl (C=O) groups excluding carboxylic acids is 5. The van der Waals surface area contributed by atoms with Gasteiger partial charge in [0.1, 0.15) is 17.1 Å². The third-order valence-electron chi connectivity index (χ3n) is 8.41. The van der Waals surface area contributed by atoms with Gasteiger partial charge in [-0.25, -0.2) is 4.79 Å². The number of hydrogen-bond acceptors (Lipinski definition) is 13. The molecule has 0 heterocycles. The fourth-order valence-corrected chi connectivity index (χ4v) is 6.29. The number of ketones is 2. The van der Waals surface area contributed by atoms with E-state index in [4.69, 9.17) is 15.2 Å². The molecule has 0 bridgehead atoms. The predicted octanol–water partition coefficient (Wildman–Crippen LogP) is 1.28. The van der Waals surface area contributed by atoms with E-state index >= 15 is 0 Å². The number of ether oxygens (including phenoxy) is 2. The third-order valence-corrected chi connectivity index (χ3v) is 8.41. The summed E-state index contributed by atoms with van der Waals surface area (Å²) >= 11 is 0. The van der Waals surface area contributed by atoms with E-state index in [1.807, 2.05) is 0 Å². The van der Waals surface area contributed by atoms with Crippen molar-refractivity contribution in [1.29, 1.82) is 0 Å². The number of phenolic OH excluding ortho intramolecular Hbond substituents is 1. The smallest absolute Gasteiger partial charge is 0.414 e. The first-order valence-electron chi connectivity index (χ1n) is 14.1. The second-order valence-corrected chi connectivity index (χ2v) is 12.9. The number of aromatic hydroxyl groups is 1. The normalized spacial score (nSPS) is 24.5. The zero-order valence-electron chi connectivity index (χ0n) is 26.0. The molecule has 0 saturated carbocycles. The van der Waals surface area contributed by atoms with Crippen LogP contribution >= 0.6 is 0 Å². The lowest BCUT2D eigenvalue weighted by Gasteiger charge is -2.50. The van der Waals surface area contributed by atoms with Gasteiger partial charge in [0, 0.05) is 31.3 Å². The van der Waals surface area contributed by atoms with Crippen LogP contribution in [0.4, 0.5) is 16.2 Å². The molecular weight excluding hydrogens is 592 g/mol. The highest BCUT2D eigenvalue weighted by atomic mass is 16.7. The second kappa shape index (κ2) is 11.4. The Kier molecular flexibility index (Phi) is 8.41. The third kappa shape index (κ3) is 5.35. The van der Waals surface area contributed by atoms with Crippen LogP contribution in [-0.2, 0) is 30.3 Å². The van der Waals surface area contributed by atoms with Gasteiger partial charge < -0.3 is 40.5 Å². The van der Waals surface area contributed by atoms with Gasteiger partial charge in [0.2, 0.25) is 12.6 Å². The molecule has 0 aliphatic heterocycles. The zero-order chi connectivity index (χ0) is 33.9. The largest absolute Gasteiger partial charge is 0.510 e. The molecule has 4 atom stereocenters. The number of nitrogens with two attached hydrogens (primary N) is 1. The molecular formula is C30H38N4O11. The Morgan fingerprint density at radius 3 is 2.24 bits per heavy atom. The molecule has 7 N–H and O–H groups in total. The average molecular weight is 631 g/mol. The number of nitrogens with zero attached hydrogens (tertiary/aromatic N) is 2. The molecule has 2 amide bonds. The van der Waals surface area contributed by atoms with Crippen LogP contribution < -0.4 is 16.0 Å².